The molecule has 0 aliphatic carbocycles. The number of thiazole rings is 1. The number of carbonyl (C=O) groups excluding carboxylic acids is 1. The average Bonchev–Trinajstić information content (AvgIpc) is 3.12. The van der Waals surface area contributed by atoms with Crippen LogP contribution in [0.15, 0.2) is 51.5 Å². The zero-order valence-electron chi connectivity index (χ0n) is 15.0. The monoisotopic (exact) mass is 393 g/mol. The van der Waals surface area contributed by atoms with Gasteiger partial charge >= 0.3 is 5.69 Å². The molecule has 0 saturated carbocycles. The molecule has 0 unspecified atom stereocenters. The summed E-state index contributed by atoms with van der Waals surface area (Å²) in [7, 11) is 1.50. The Morgan fingerprint density at radius 2 is 2.07 bits per heavy atom. The number of amides is 1. The second-order valence-corrected chi connectivity index (χ2v) is 7.26. The number of carbonyl (C=O) groups is 1. The number of nitrogens with one attached hydrogen (secondary N) is 2. The van der Waals surface area contributed by atoms with Crippen LogP contribution in [-0.2, 0) is 7.05 Å². The lowest BCUT2D eigenvalue weighted by Gasteiger charge is -2.08. The number of pyridine rings is 1. The van der Waals surface area contributed by atoms with Crippen molar-refractivity contribution in [1.29, 1.82) is 0 Å². The number of hydrogen-bond donors (Lipinski definition) is 2. The maximum absolute atomic E-state index is 12.6. The number of anilines is 1. The second kappa shape index (κ2) is 6.86. The molecule has 0 bridgehead atoms. The van der Waals surface area contributed by atoms with Crippen LogP contribution in [0.25, 0.3) is 22.3 Å². The van der Waals surface area contributed by atoms with Crippen LogP contribution in [0.2, 0.25) is 0 Å². The van der Waals surface area contributed by atoms with Gasteiger partial charge in [-0.05, 0) is 25.1 Å². The molecule has 9 heteroatoms. The minimum Gasteiger partial charge on any atom is -0.322 e. The predicted molar refractivity (Wildman–Crippen MR) is 108 cm³/mol. The first-order chi connectivity index (χ1) is 13.4. The van der Waals surface area contributed by atoms with E-state index in [0.29, 0.717) is 5.69 Å². The topological polar surface area (TPSA) is 110 Å². The maximum atomic E-state index is 12.6. The number of rotatable bonds is 3. The van der Waals surface area contributed by atoms with Crippen molar-refractivity contribution in [2.45, 2.75) is 6.92 Å². The van der Waals surface area contributed by atoms with Gasteiger partial charge in [-0.15, -0.1) is 11.3 Å². The fourth-order valence-electron chi connectivity index (χ4n) is 2.82. The Bertz CT molecular complexity index is 1340. The van der Waals surface area contributed by atoms with Crippen molar-refractivity contribution >= 4 is 34.0 Å². The average molecular weight is 393 g/mol. The van der Waals surface area contributed by atoms with E-state index in [2.05, 4.69) is 20.3 Å². The Hall–Kier alpha value is -3.59. The molecule has 1 amide bonds. The summed E-state index contributed by atoms with van der Waals surface area (Å²) >= 11 is 1.56. The lowest BCUT2D eigenvalue weighted by atomic mass is 10.1. The molecule has 28 heavy (non-hydrogen) atoms. The van der Waals surface area contributed by atoms with E-state index in [1.54, 1.807) is 17.4 Å². The fraction of sp³-hybridized carbons (Fsp3) is 0.105. The summed E-state index contributed by atoms with van der Waals surface area (Å²) in [5, 5.41) is 5.89. The number of H-pyrrole nitrogens is 1. The third-order valence-corrected chi connectivity index (χ3v) is 5.03. The predicted octanol–water partition coefficient (Wildman–Crippen LogP) is 2.31. The molecular weight excluding hydrogens is 378 g/mol. The van der Waals surface area contributed by atoms with Gasteiger partial charge in [0.25, 0.3) is 11.5 Å². The molecule has 3 heterocycles. The normalized spacial score (nSPS) is 10.9. The third-order valence-electron chi connectivity index (χ3n) is 4.25. The van der Waals surface area contributed by atoms with Crippen LogP contribution in [0.5, 0.6) is 0 Å². The SMILES string of the molecule is Cc1nc(-c2cccc(NC(=O)c3cnc4c(c3)c(=O)[nH]c(=O)n4C)c2)cs1. The Morgan fingerprint density at radius 1 is 1.25 bits per heavy atom. The summed E-state index contributed by atoms with van der Waals surface area (Å²) in [6.07, 6.45) is 1.34. The zero-order valence-corrected chi connectivity index (χ0v) is 15.8. The number of aromatic nitrogens is 4. The molecule has 0 fully saturated rings. The van der Waals surface area contributed by atoms with Crippen molar-refractivity contribution < 1.29 is 4.79 Å². The molecule has 0 atom stereocenters. The van der Waals surface area contributed by atoms with E-state index in [-0.39, 0.29) is 16.6 Å². The smallest absolute Gasteiger partial charge is 0.322 e. The van der Waals surface area contributed by atoms with Gasteiger partial charge in [0.1, 0.15) is 5.65 Å². The Balaban J connectivity index is 1.66. The van der Waals surface area contributed by atoms with Gasteiger partial charge in [-0.25, -0.2) is 14.8 Å². The van der Waals surface area contributed by atoms with Gasteiger partial charge < -0.3 is 5.32 Å². The molecule has 2 N–H and O–H groups in total. The molecule has 3 aromatic heterocycles. The summed E-state index contributed by atoms with van der Waals surface area (Å²) < 4.78 is 1.22. The lowest BCUT2D eigenvalue weighted by Crippen LogP contribution is -2.29. The maximum Gasteiger partial charge on any atom is 0.329 e. The summed E-state index contributed by atoms with van der Waals surface area (Å²) in [6, 6.07) is 8.77. The molecule has 0 radical (unpaired) electrons. The standard InChI is InChI=1S/C19H15N5O3S/c1-10-21-15(9-28-10)11-4-3-5-13(6-11)22-17(25)12-7-14-16(20-8-12)24(2)19(27)23-18(14)26/h3-9H,1-2H3,(H,22,25)(H,23,26,27). The minimum absolute atomic E-state index is 0.168. The van der Waals surface area contributed by atoms with E-state index in [0.717, 1.165) is 16.3 Å². The van der Waals surface area contributed by atoms with E-state index in [9.17, 15) is 14.4 Å². The van der Waals surface area contributed by atoms with Crippen molar-refractivity contribution in [3.8, 4) is 11.3 Å². The first-order valence-electron chi connectivity index (χ1n) is 8.35. The van der Waals surface area contributed by atoms with Crippen LogP contribution in [0.3, 0.4) is 0 Å². The van der Waals surface area contributed by atoms with E-state index in [4.69, 9.17) is 0 Å². The highest BCUT2D eigenvalue weighted by Crippen LogP contribution is 2.24. The number of aromatic amines is 1. The Labute approximate surface area is 162 Å². The van der Waals surface area contributed by atoms with Crippen molar-refractivity contribution in [1.82, 2.24) is 19.5 Å². The zero-order chi connectivity index (χ0) is 19.8. The van der Waals surface area contributed by atoms with Crippen LogP contribution in [0.1, 0.15) is 15.4 Å². The van der Waals surface area contributed by atoms with Crippen LogP contribution >= 0.6 is 11.3 Å². The minimum atomic E-state index is -0.582. The molecule has 0 saturated heterocycles. The van der Waals surface area contributed by atoms with Gasteiger partial charge in [-0.3, -0.25) is 19.1 Å². The number of hydrogen-bond acceptors (Lipinski definition) is 6. The van der Waals surface area contributed by atoms with E-state index in [1.807, 2.05) is 30.5 Å². The molecule has 8 nitrogen and oxygen atoms in total. The van der Waals surface area contributed by atoms with Gasteiger partial charge in [-0.2, -0.15) is 0 Å². The molecule has 4 rings (SSSR count). The molecule has 0 aliphatic rings. The highest BCUT2D eigenvalue weighted by atomic mass is 32.1. The number of nitrogens with zero attached hydrogens (tertiary/aromatic N) is 3. The molecule has 140 valence electrons. The molecule has 0 spiro atoms. The fourth-order valence-corrected chi connectivity index (χ4v) is 3.44. The van der Waals surface area contributed by atoms with Crippen LogP contribution < -0.4 is 16.6 Å². The van der Waals surface area contributed by atoms with Crippen LogP contribution in [0.4, 0.5) is 5.69 Å². The van der Waals surface area contributed by atoms with Crippen molar-refractivity contribution in [3.63, 3.8) is 0 Å². The lowest BCUT2D eigenvalue weighted by molar-refractivity contribution is 0.102. The van der Waals surface area contributed by atoms with E-state index >= 15 is 0 Å². The van der Waals surface area contributed by atoms with Gasteiger partial charge in [0.15, 0.2) is 0 Å². The van der Waals surface area contributed by atoms with E-state index in [1.165, 1.54) is 23.9 Å². The third kappa shape index (κ3) is 3.23. The van der Waals surface area contributed by atoms with Gasteiger partial charge in [-0.1, -0.05) is 12.1 Å². The highest BCUT2D eigenvalue weighted by molar-refractivity contribution is 7.09. The summed E-state index contributed by atoms with van der Waals surface area (Å²) in [6.45, 7) is 1.93. The Morgan fingerprint density at radius 3 is 2.82 bits per heavy atom. The highest BCUT2D eigenvalue weighted by Gasteiger charge is 2.12. The summed E-state index contributed by atoms with van der Waals surface area (Å²) in [4.78, 5) is 47.1. The van der Waals surface area contributed by atoms with Crippen molar-refractivity contribution in [3.05, 3.63) is 73.3 Å². The summed E-state index contributed by atoms with van der Waals surface area (Å²) in [5.41, 5.74) is 1.63. The van der Waals surface area contributed by atoms with Gasteiger partial charge in [0, 0.05) is 29.9 Å². The second-order valence-electron chi connectivity index (χ2n) is 6.20. The first kappa shape index (κ1) is 17.8. The van der Waals surface area contributed by atoms with E-state index < -0.39 is 17.2 Å². The number of fused-ring (bicyclic) bond motifs is 1. The number of aryl methyl sites for hydroxylation is 2. The first-order valence-corrected chi connectivity index (χ1v) is 9.23. The molecular formula is C19H15N5O3S. The van der Waals surface area contributed by atoms with Crippen molar-refractivity contribution in [2.24, 2.45) is 7.05 Å². The molecule has 1 aromatic carbocycles. The van der Waals surface area contributed by atoms with Gasteiger partial charge in [0.05, 0.1) is 21.7 Å². The Kier molecular flexibility index (Phi) is 4.36. The van der Waals surface area contributed by atoms with Crippen LogP contribution in [-0.4, -0.2) is 25.4 Å². The van der Waals surface area contributed by atoms with Gasteiger partial charge in [0.2, 0.25) is 0 Å². The molecule has 4 aromatic rings. The quantitative estimate of drug-likeness (QED) is 0.555. The summed E-state index contributed by atoms with van der Waals surface area (Å²) in [5.74, 6) is -0.408. The molecule has 0 aliphatic heterocycles. The van der Waals surface area contributed by atoms with Crippen molar-refractivity contribution in [2.75, 3.05) is 5.32 Å². The number of benzene rings is 1. The van der Waals surface area contributed by atoms with Crippen LogP contribution in [0, 0.1) is 6.92 Å². The largest absolute Gasteiger partial charge is 0.329 e.